The first kappa shape index (κ1) is 15.8. The van der Waals surface area contributed by atoms with E-state index in [-0.39, 0.29) is 5.91 Å². The molecule has 1 aromatic carbocycles. The van der Waals surface area contributed by atoms with Crippen LogP contribution in [0.5, 0.6) is 0 Å². The molecule has 0 unspecified atom stereocenters. The summed E-state index contributed by atoms with van der Waals surface area (Å²) in [6, 6.07) is 7.87. The lowest BCUT2D eigenvalue weighted by Crippen LogP contribution is -2.48. The Hall–Kier alpha value is -1.72. The minimum Gasteiger partial charge on any atom is -0.336 e. The molecule has 1 saturated carbocycles. The van der Waals surface area contributed by atoms with Gasteiger partial charge in [-0.05, 0) is 31.9 Å². The number of amides is 1. The van der Waals surface area contributed by atoms with Gasteiger partial charge in [0.15, 0.2) is 0 Å². The molecule has 5 heteroatoms. The Bertz CT molecular complexity index is 730. The zero-order chi connectivity index (χ0) is 16.5. The molecule has 0 radical (unpaired) electrons. The average Bonchev–Trinajstić information content (AvgIpc) is 3.35. The highest BCUT2D eigenvalue weighted by molar-refractivity contribution is 7.09. The minimum atomic E-state index is 0.156. The third kappa shape index (κ3) is 3.52. The van der Waals surface area contributed by atoms with Crippen molar-refractivity contribution in [1.82, 2.24) is 14.8 Å². The molecule has 1 aromatic heterocycles. The van der Waals surface area contributed by atoms with Gasteiger partial charge in [-0.3, -0.25) is 9.69 Å². The molecule has 0 spiro atoms. The number of rotatable bonds is 4. The third-order valence-corrected chi connectivity index (χ3v) is 5.70. The van der Waals surface area contributed by atoms with Gasteiger partial charge in [-0.2, -0.15) is 0 Å². The molecule has 2 aliphatic rings. The van der Waals surface area contributed by atoms with E-state index < -0.39 is 0 Å². The highest BCUT2D eigenvalue weighted by Gasteiger charge is 2.27. The van der Waals surface area contributed by atoms with Gasteiger partial charge < -0.3 is 4.90 Å². The van der Waals surface area contributed by atoms with Gasteiger partial charge >= 0.3 is 0 Å². The van der Waals surface area contributed by atoms with Crippen LogP contribution in [0.3, 0.4) is 0 Å². The summed E-state index contributed by atoms with van der Waals surface area (Å²) in [5.74, 6) is 0.891. The van der Waals surface area contributed by atoms with E-state index in [1.165, 1.54) is 23.5 Å². The van der Waals surface area contributed by atoms with E-state index in [0.717, 1.165) is 49.8 Å². The Morgan fingerprint density at radius 3 is 2.75 bits per heavy atom. The van der Waals surface area contributed by atoms with Crippen molar-refractivity contribution in [1.29, 1.82) is 0 Å². The first-order valence-corrected chi connectivity index (χ1v) is 9.59. The molecule has 24 heavy (non-hydrogen) atoms. The number of benzene rings is 1. The molecule has 0 N–H and O–H groups in total. The lowest BCUT2D eigenvalue weighted by atomic mass is 10.1. The predicted octanol–water partition coefficient (Wildman–Crippen LogP) is 3.29. The van der Waals surface area contributed by atoms with Crippen LogP contribution in [0.1, 0.15) is 45.4 Å². The molecule has 126 valence electrons. The first-order chi connectivity index (χ1) is 11.7. The number of hydrogen-bond acceptors (Lipinski definition) is 4. The number of carbonyl (C=O) groups is 1. The van der Waals surface area contributed by atoms with Crippen molar-refractivity contribution in [2.45, 2.75) is 32.2 Å². The van der Waals surface area contributed by atoms with Gasteiger partial charge in [0.25, 0.3) is 5.91 Å². The van der Waals surface area contributed by atoms with Crippen LogP contribution in [0, 0.1) is 6.92 Å². The fourth-order valence-electron chi connectivity index (χ4n) is 3.23. The highest BCUT2D eigenvalue weighted by atomic mass is 32.1. The lowest BCUT2D eigenvalue weighted by molar-refractivity contribution is 0.0628. The molecule has 1 amide bonds. The van der Waals surface area contributed by atoms with E-state index in [1.54, 1.807) is 11.3 Å². The minimum absolute atomic E-state index is 0.156. The van der Waals surface area contributed by atoms with Crippen LogP contribution >= 0.6 is 11.3 Å². The summed E-state index contributed by atoms with van der Waals surface area (Å²) in [6.07, 6.45) is 2.62. The van der Waals surface area contributed by atoms with Gasteiger partial charge in [-0.15, -0.1) is 11.3 Å². The van der Waals surface area contributed by atoms with E-state index in [2.05, 4.69) is 10.3 Å². The number of hydrogen-bond donors (Lipinski definition) is 0. The molecule has 1 aliphatic heterocycles. The van der Waals surface area contributed by atoms with Crippen LogP contribution in [-0.4, -0.2) is 46.9 Å². The van der Waals surface area contributed by atoms with Gasteiger partial charge in [0, 0.05) is 43.0 Å². The van der Waals surface area contributed by atoms with E-state index in [4.69, 9.17) is 4.98 Å². The second-order valence-corrected chi connectivity index (χ2v) is 7.82. The van der Waals surface area contributed by atoms with Crippen LogP contribution < -0.4 is 0 Å². The van der Waals surface area contributed by atoms with Crippen molar-refractivity contribution in [3.63, 3.8) is 0 Å². The summed E-state index contributed by atoms with van der Waals surface area (Å²) in [4.78, 5) is 21.8. The SMILES string of the molecule is Cc1cccc(C(=O)N2CCN(Cc3nc(C4CC4)cs3)CC2)c1. The van der Waals surface area contributed by atoms with E-state index in [0.29, 0.717) is 0 Å². The maximum atomic E-state index is 12.6. The Morgan fingerprint density at radius 2 is 2.04 bits per heavy atom. The van der Waals surface area contributed by atoms with Crippen LogP contribution in [-0.2, 0) is 6.54 Å². The number of piperazine rings is 1. The van der Waals surface area contributed by atoms with Crippen molar-refractivity contribution in [3.8, 4) is 0 Å². The summed E-state index contributed by atoms with van der Waals surface area (Å²) in [7, 11) is 0. The second kappa shape index (κ2) is 6.65. The molecule has 2 aromatic rings. The number of aryl methyl sites for hydroxylation is 1. The fourth-order valence-corrected chi connectivity index (χ4v) is 4.14. The maximum absolute atomic E-state index is 12.6. The lowest BCUT2D eigenvalue weighted by Gasteiger charge is -2.34. The summed E-state index contributed by atoms with van der Waals surface area (Å²) in [5, 5.41) is 3.44. The van der Waals surface area contributed by atoms with Gasteiger partial charge in [0.2, 0.25) is 0 Å². The number of nitrogens with zero attached hydrogens (tertiary/aromatic N) is 3. The predicted molar refractivity (Wildman–Crippen MR) is 96.4 cm³/mol. The first-order valence-electron chi connectivity index (χ1n) is 8.71. The van der Waals surface area contributed by atoms with E-state index in [1.807, 2.05) is 36.1 Å². The monoisotopic (exact) mass is 341 g/mol. The van der Waals surface area contributed by atoms with Gasteiger partial charge in [-0.25, -0.2) is 4.98 Å². The van der Waals surface area contributed by atoms with Crippen LogP contribution in [0.2, 0.25) is 0 Å². The average molecular weight is 341 g/mol. The summed E-state index contributed by atoms with van der Waals surface area (Å²) in [5.41, 5.74) is 3.23. The van der Waals surface area contributed by atoms with Crippen molar-refractivity contribution < 1.29 is 4.79 Å². The molecular weight excluding hydrogens is 318 g/mol. The largest absolute Gasteiger partial charge is 0.336 e. The molecule has 0 bridgehead atoms. The summed E-state index contributed by atoms with van der Waals surface area (Å²) in [6.45, 7) is 6.40. The molecule has 4 nitrogen and oxygen atoms in total. The molecule has 2 heterocycles. The Balaban J connectivity index is 1.31. The topological polar surface area (TPSA) is 36.4 Å². The van der Waals surface area contributed by atoms with E-state index >= 15 is 0 Å². The maximum Gasteiger partial charge on any atom is 0.253 e. The van der Waals surface area contributed by atoms with Gasteiger partial charge in [-0.1, -0.05) is 17.7 Å². The van der Waals surface area contributed by atoms with Crippen molar-refractivity contribution in [2.75, 3.05) is 26.2 Å². The molecule has 0 atom stereocenters. The van der Waals surface area contributed by atoms with Crippen molar-refractivity contribution >= 4 is 17.2 Å². The van der Waals surface area contributed by atoms with Gasteiger partial charge in [0.05, 0.1) is 12.2 Å². The standard InChI is InChI=1S/C19H23N3OS/c1-14-3-2-4-16(11-14)19(23)22-9-7-21(8-10-22)12-18-20-17(13-24-18)15-5-6-15/h2-4,11,13,15H,5-10,12H2,1H3. The van der Waals surface area contributed by atoms with Crippen LogP contribution in [0.25, 0.3) is 0 Å². The summed E-state index contributed by atoms with van der Waals surface area (Å²) < 4.78 is 0. The zero-order valence-corrected chi connectivity index (χ0v) is 14.9. The smallest absolute Gasteiger partial charge is 0.253 e. The Kier molecular flexibility index (Phi) is 4.37. The number of thiazole rings is 1. The number of aromatic nitrogens is 1. The van der Waals surface area contributed by atoms with Gasteiger partial charge in [0.1, 0.15) is 5.01 Å². The normalized spacial score (nSPS) is 18.8. The third-order valence-electron chi connectivity index (χ3n) is 4.85. The molecular formula is C19H23N3OS. The molecule has 4 rings (SSSR count). The Labute approximate surface area is 147 Å². The van der Waals surface area contributed by atoms with Crippen LogP contribution in [0.15, 0.2) is 29.6 Å². The fraction of sp³-hybridized carbons (Fsp3) is 0.474. The molecule has 1 saturated heterocycles. The molecule has 1 aliphatic carbocycles. The Morgan fingerprint density at radius 1 is 1.25 bits per heavy atom. The van der Waals surface area contributed by atoms with Crippen molar-refractivity contribution in [3.05, 3.63) is 51.5 Å². The molecule has 2 fully saturated rings. The van der Waals surface area contributed by atoms with E-state index in [9.17, 15) is 4.79 Å². The van der Waals surface area contributed by atoms with Crippen LogP contribution in [0.4, 0.5) is 0 Å². The second-order valence-electron chi connectivity index (χ2n) is 6.88. The quantitative estimate of drug-likeness (QED) is 0.856. The summed E-state index contributed by atoms with van der Waals surface area (Å²) >= 11 is 1.78. The van der Waals surface area contributed by atoms with Crippen molar-refractivity contribution in [2.24, 2.45) is 0 Å². The zero-order valence-electron chi connectivity index (χ0n) is 14.1. The number of carbonyl (C=O) groups excluding carboxylic acids is 1. The highest BCUT2D eigenvalue weighted by Crippen LogP contribution is 2.40.